The number of nitrogens with two attached hydrogens (primary N) is 1. The van der Waals surface area contributed by atoms with Crippen molar-refractivity contribution < 1.29 is 31.4 Å². The third kappa shape index (κ3) is 4.61. The lowest BCUT2D eigenvalue weighted by atomic mass is 9.92. The van der Waals surface area contributed by atoms with Crippen LogP contribution in [0.25, 0.3) is 32.1 Å². The number of nitrogens with zero attached hydrogens (tertiary/aromatic N) is 4. The molecule has 2 saturated heterocycles. The van der Waals surface area contributed by atoms with Gasteiger partial charge in [-0.05, 0) is 43.4 Å². The molecule has 8 nitrogen and oxygen atoms in total. The minimum absolute atomic E-state index is 0.0839. The Bertz CT molecular complexity index is 1820. The number of piperazine rings is 1. The molecule has 3 N–H and O–H groups in total. The average molecular weight is 617 g/mol. The Morgan fingerprint density at radius 2 is 1.91 bits per heavy atom. The Hall–Kier alpha value is -3.80. The molecule has 43 heavy (non-hydrogen) atoms. The van der Waals surface area contributed by atoms with E-state index in [-0.39, 0.29) is 67.6 Å². The van der Waals surface area contributed by atoms with Crippen molar-refractivity contribution in [1.29, 1.82) is 5.26 Å². The Balaban J connectivity index is 1.50. The lowest BCUT2D eigenvalue weighted by Gasteiger charge is -2.34. The molecule has 3 fully saturated rings. The van der Waals surface area contributed by atoms with E-state index in [1.54, 1.807) is 7.11 Å². The van der Waals surface area contributed by atoms with Crippen LogP contribution >= 0.6 is 11.3 Å². The van der Waals surface area contributed by atoms with Gasteiger partial charge in [0.1, 0.15) is 40.4 Å². The molecule has 3 aliphatic rings. The van der Waals surface area contributed by atoms with Crippen molar-refractivity contribution in [3.8, 4) is 23.2 Å². The Labute approximate surface area is 246 Å². The van der Waals surface area contributed by atoms with E-state index < -0.39 is 34.5 Å². The van der Waals surface area contributed by atoms with Crippen molar-refractivity contribution in [1.82, 2.24) is 15.3 Å². The highest BCUT2D eigenvalue weighted by atomic mass is 32.1. The Kier molecular flexibility index (Phi) is 6.42. The van der Waals surface area contributed by atoms with E-state index in [1.807, 2.05) is 11.0 Å². The molecule has 224 valence electrons. The molecule has 0 radical (unpaired) electrons. The number of halogens is 5. The van der Waals surface area contributed by atoms with E-state index in [2.05, 4.69) is 15.3 Å². The summed E-state index contributed by atoms with van der Waals surface area (Å²) in [6.07, 6.45) is -1.71. The number of methoxy groups -OCH3 is 1. The van der Waals surface area contributed by atoms with Crippen LogP contribution in [0, 0.1) is 23.0 Å². The lowest BCUT2D eigenvalue weighted by molar-refractivity contribution is -0.137. The highest BCUT2D eigenvalue weighted by Crippen LogP contribution is 2.48. The van der Waals surface area contributed by atoms with E-state index in [0.29, 0.717) is 24.4 Å². The SMILES string of the molecule is COC1(COc2nc(N3CC4CCC(C3)N4)c3cc(C(F)(F)F)c(-c4ccc(F)c5sc(N)c(C#N)c45)c(F)c3n2)CC1. The van der Waals surface area contributed by atoms with Gasteiger partial charge in [0.25, 0.3) is 0 Å². The molecular weight excluding hydrogens is 591 g/mol. The maximum atomic E-state index is 16.8. The van der Waals surface area contributed by atoms with Gasteiger partial charge in [-0.2, -0.15) is 28.4 Å². The van der Waals surface area contributed by atoms with Gasteiger partial charge >= 0.3 is 12.2 Å². The second kappa shape index (κ2) is 9.87. The fourth-order valence-corrected chi connectivity index (χ4v) is 7.15. The third-order valence-corrected chi connectivity index (χ3v) is 9.64. The molecule has 2 atom stereocenters. The van der Waals surface area contributed by atoms with Gasteiger partial charge in [-0.3, -0.25) is 0 Å². The largest absolute Gasteiger partial charge is 0.460 e. The first-order chi connectivity index (χ1) is 20.5. The summed E-state index contributed by atoms with van der Waals surface area (Å²) in [5, 5.41) is 12.8. The molecule has 2 bridgehead atoms. The zero-order valence-corrected chi connectivity index (χ0v) is 23.6. The van der Waals surface area contributed by atoms with Gasteiger partial charge in [-0.25, -0.2) is 8.78 Å². The molecule has 14 heteroatoms. The van der Waals surface area contributed by atoms with Gasteiger partial charge in [-0.1, -0.05) is 6.07 Å². The van der Waals surface area contributed by atoms with Crippen molar-refractivity contribution in [2.45, 2.75) is 49.5 Å². The van der Waals surface area contributed by atoms with Gasteiger partial charge in [-0.15, -0.1) is 11.3 Å². The van der Waals surface area contributed by atoms with Crippen LogP contribution in [0.1, 0.15) is 36.8 Å². The van der Waals surface area contributed by atoms with E-state index in [0.717, 1.165) is 43.9 Å². The summed E-state index contributed by atoms with van der Waals surface area (Å²) in [5.74, 6) is -1.93. The number of anilines is 2. The van der Waals surface area contributed by atoms with Crippen LogP contribution < -0.4 is 20.7 Å². The maximum absolute atomic E-state index is 16.8. The smallest absolute Gasteiger partial charge is 0.417 e. The summed E-state index contributed by atoms with van der Waals surface area (Å²) in [6, 6.07) is 4.68. The van der Waals surface area contributed by atoms with Crippen molar-refractivity contribution in [2.75, 3.05) is 37.4 Å². The van der Waals surface area contributed by atoms with Crippen LogP contribution in [0.2, 0.25) is 0 Å². The molecule has 7 rings (SSSR count). The summed E-state index contributed by atoms with van der Waals surface area (Å²) in [4.78, 5) is 10.6. The van der Waals surface area contributed by atoms with Crippen LogP contribution in [-0.2, 0) is 10.9 Å². The van der Waals surface area contributed by atoms with Gasteiger partial charge in [0.2, 0.25) is 0 Å². The molecule has 1 saturated carbocycles. The minimum Gasteiger partial charge on any atom is -0.460 e. The minimum atomic E-state index is -5.02. The second-order valence-electron chi connectivity index (χ2n) is 11.3. The summed E-state index contributed by atoms with van der Waals surface area (Å²) in [7, 11) is 1.56. The Morgan fingerprint density at radius 1 is 1.19 bits per heavy atom. The number of nitrogens with one attached hydrogen (secondary N) is 1. The van der Waals surface area contributed by atoms with Gasteiger partial charge < -0.3 is 25.4 Å². The molecule has 1 aliphatic carbocycles. The summed E-state index contributed by atoms with van der Waals surface area (Å²) < 4.78 is 87.0. The summed E-state index contributed by atoms with van der Waals surface area (Å²) in [6.45, 7) is 1.02. The number of nitriles is 1. The average Bonchev–Trinajstić information content (AvgIpc) is 3.57. The van der Waals surface area contributed by atoms with Crippen molar-refractivity contribution in [3.05, 3.63) is 41.0 Å². The predicted octanol–water partition coefficient (Wildman–Crippen LogP) is 5.76. The lowest BCUT2D eigenvalue weighted by Crippen LogP contribution is -2.51. The maximum Gasteiger partial charge on any atom is 0.417 e. The van der Waals surface area contributed by atoms with Crippen molar-refractivity contribution in [3.63, 3.8) is 0 Å². The topological polar surface area (TPSA) is 109 Å². The molecule has 4 heterocycles. The Morgan fingerprint density at radius 3 is 2.53 bits per heavy atom. The molecule has 2 aromatic heterocycles. The van der Waals surface area contributed by atoms with Gasteiger partial charge in [0.15, 0.2) is 5.82 Å². The highest BCUT2D eigenvalue weighted by Gasteiger charge is 2.45. The number of hydrogen-bond donors (Lipinski definition) is 2. The standard InChI is InChI=1S/C29H25F5N6O2S/c1-41-28(6-7-28)12-42-27-38-23-16(26(39-27)40-10-13-2-3-14(11-40)37-13)8-18(29(32,33)34)21(22(23)31)15-4-5-19(30)24-20(15)17(9-35)25(36)43-24/h4-5,8,13-14,37H,2-3,6-7,10-12,36H2,1H3. The number of fused-ring (bicyclic) bond motifs is 4. The summed E-state index contributed by atoms with van der Waals surface area (Å²) in [5.41, 5.74) is 2.34. The molecule has 2 aromatic carbocycles. The molecular formula is C29H25F5N6O2S. The number of nitrogen functional groups attached to an aromatic ring is 1. The van der Waals surface area contributed by atoms with Crippen molar-refractivity contribution in [2.24, 2.45) is 0 Å². The van der Waals surface area contributed by atoms with Crippen LogP contribution in [0.15, 0.2) is 18.2 Å². The summed E-state index contributed by atoms with van der Waals surface area (Å²) >= 11 is 0.715. The van der Waals surface area contributed by atoms with E-state index in [1.165, 1.54) is 0 Å². The molecule has 0 amide bonds. The number of aromatic nitrogens is 2. The fourth-order valence-electron chi connectivity index (χ4n) is 6.20. The number of thiophene rings is 1. The molecule has 2 aliphatic heterocycles. The molecule has 2 unspecified atom stereocenters. The zero-order valence-electron chi connectivity index (χ0n) is 22.8. The zero-order chi connectivity index (χ0) is 30.3. The number of rotatable bonds is 6. The monoisotopic (exact) mass is 616 g/mol. The van der Waals surface area contributed by atoms with E-state index in [9.17, 15) is 22.8 Å². The first-order valence-corrected chi connectivity index (χ1v) is 14.5. The first kappa shape index (κ1) is 28.0. The normalized spacial score (nSPS) is 21.0. The van der Waals surface area contributed by atoms with Crippen LogP contribution in [0.5, 0.6) is 6.01 Å². The van der Waals surface area contributed by atoms with E-state index in [4.69, 9.17) is 15.2 Å². The van der Waals surface area contributed by atoms with Gasteiger partial charge in [0.05, 0.1) is 15.8 Å². The second-order valence-corrected chi connectivity index (χ2v) is 12.4. The number of ether oxygens (including phenoxy) is 2. The molecule has 0 spiro atoms. The number of alkyl halides is 3. The quantitative estimate of drug-likeness (QED) is 0.263. The van der Waals surface area contributed by atoms with Crippen LogP contribution in [-0.4, -0.2) is 54.5 Å². The first-order valence-electron chi connectivity index (χ1n) is 13.7. The van der Waals surface area contributed by atoms with Crippen LogP contribution in [0.3, 0.4) is 0 Å². The number of benzene rings is 2. The molecule has 4 aromatic rings. The third-order valence-electron chi connectivity index (χ3n) is 8.62. The van der Waals surface area contributed by atoms with E-state index >= 15 is 4.39 Å². The van der Waals surface area contributed by atoms with Crippen molar-refractivity contribution >= 4 is 43.1 Å². The highest BCUT2D eigenvalue weighted by molar-refractivity contribution is 7.23. The fraction of sp³-hybridized carbons (Fsp3) is 0.414. The van der Waals surface area contributed by atoms with Gasteiger partial charge in [0, 0.05) is 48.6 Å². The number of hydrogen-bond acceptors (Lipinski definition) is 9. The predicted molar refractivity (Wildman–Crippen MR) is 151 cm³/mol. The van der Waals surface area contributed by atoms with Crippen LogP contribution in [0.4, 0.5) is 32.8 Å².